The van der Waals surface area contributed by atoms with Crippen molar-refractivity contribution < 1.29 is 4.79 Å². The summed E-state index contributed by atoms with van der Waals surface area (Å²) in [7, 11) is 0. The summed E-state index contributed by atoms with van der Waals surface area (Å²) < 4.78 is 0. The van der Waals surface area contributed by atoms with E-state index in [9.17, 15) is 4.79 Å². The Hall–Kier alpha value is -2.64. The number of carbonyl (C=O) groups is 1. The smallest absolute Gasteiger partial charge is 0.257 e. The third kappa shape index (κ3) is 2.58. The monoisotopic (exact) mass is 412 g/mol. The molecule has 2 fully saturated rings. The largest absolute Gasteiger partial charge is 0.344 e. The molecule has 1 unspecified atom stereocenters. The van der Waals surface area contributed by atoms with Crippen LogP contribution in [0.4, 0.5) is 0 Å². The van der Waals surface area contributed by atoms with Crippen LogP contribution < -0.4 is 10.6 Å². The van der Waals surface area contributed by atoms with Gasteiger partial charge in [-0.1, -0.05) is 42.2 Å². The molecule has 2 aromatic rings. The summed E-state index contributed by atoms with van der Waals surface area (Å²) in [5.41, 5.74) is 5.18. The van der Waals surface area contributed by atoms with Crippen LogP contribution >= 0.6 is 12.2 Å². The second-order valence-electron chi connectivity index (χ2n) is 9.30. The molecule has 2 spiro atoms. The molecule has 3 nitrogen and oxygen atoms in total. The molecule has 6 rings (SSSR count). The number of aryl methyl sites for hydroxylation is 2. The van der Waals surface area contributed by atoms with Gasteiger partial charge in [0, 0.05) is 16.9 Å². The normalized spacial score (nSPS) is 25.7. The second kappa shape index (κ2) is 6.43. The number of rotatable bonds is 0. The van der Waals surface area contributed by atoms with Crippen LogP contribution in [0.3, 0.4) is 0 Å². The predicted octanol–water partition coefficient (Wildman–Crippen LogP) is 3.77. The minimum atomic E-state index is -0.793. The van der Waals surface area contributed by atoms with E-state index in [4.69, 9.17) is 12.2 Å². The highest BCUT2D eigenvalue weighted by molar-refractivity contribution is 7.80. The van der Waals surface area contributed by atoms with E-state index in [2.05, 4.69) is 64.9 Å². The molecule has 0 radical (unpaired) electrons. The Bertz CT molecular complexity index is 1130. The molecule has 0 bridgehead atoms. The molecule has 2 aromatic carbocycles. The minimum Gasteiger partial charge on any atom is -0.344 e. The van der Waals surface area contributed by atoms with Crippen LogP contribution in [-0.2, 0) is 29.6 Å². The van der Waals surface area contributed by atoms with Crippen molar-refractivity contribution in [3.63, 3.8) is 0 Å². The SMILES string of the molecule is O=C1NC(=S)NC12c1cc(C#CC3CC3)ccc1CC21CCc2ccccc2CC1. The Morgan fingerprint density at radius 1 is 1.00 bits per heavy atom. The first-order valence-corrected chi connectivity index (χ1v) is 11.4. The van der Waals surface area contributed by atoms with Crippen LogP contribution in [0.15, 0.2) is 42.5 Å². The zero-order valence-electron chi connectivity index (χ0n) is 16.9. The minimum absolute atomic E-state index is 0.00417. The van der Waals surface area contributed by atoms with E-state index in [0.717, 1.165) is 43.2 Å². The van der Waals surface area contributed by atoms with E-state index in [0.29, 0.717) is 11.0 Å². The fraction of sp³-hybridized carbons (Fsp3) is 0.385. The van der Waals surface area contributed by atoms with Crippen molar-refractivity contribution in [2.45, 2.75) is 50.5 Å². The lowest BCUT2D eigenvalue weighted by Crippen LogP contribution is -2.55. The van der Waals surface area contributed by atoms with Crippen molar-refractivity contribution in [2.24, 2.45) is 11.3 Å². The lowest BCUT2D eigenvalue weighted by Gasteiger charge is -2.42. The lowest BCUT2D eigenvalue weighted by atomic mass is 9.65. The molecule has 1 amide bonds. The van der Waals surface area contributed by atoms with Gasteiger partial charge in [-0.15, -0.1) is 0 Å². The maximum absolute atomic E-state index is 13.5. The third-order valence-electron chi connectivity index (χ3n) is 7.57. The molecule has 0 aromatic heterocycles. The van der Waals surface area contributed by atoms with Crippen LogP contribution in [0, 0.1) is 23.2 Å². The van der Waals surface area contributed by atoms with Crippen molar-refractivity contribution in [1.82, 2.24) is 10.6 Å². The van der Waals surface area contributed by atoms with Gasteiger partial charge >= 0.3 is 0 Å². The summed E-state index contributed by atoms with van der Waals surface area (Å²) in [5, 5.41) is 6.85. The Morgan fingerprint density at radius 3 is 2.37 bits per heavy atom. The van der Waals surface area contributed by atoms with E-state index in [1.807, 2.05) is 0 Å². The summed E-state index contributed by atoms with van der Waals surface area (Å²) in [5.74, 6) is 7.26. The van der Waals surface area contributed by atoms with Crippen LogP contribution in [0.5, 0.6) is 0 Å². The van der Waals surface area contributed by atoms with Gasteiger partial charge in [0.05, 0.1) is 0 Å². The fourth-order valence-corrected chi connectivity index (χ4v) is 6.09. The molecule has 4 aliphatic rings. The van der Waals surface area contributed by atoms with Gasteiger partial charge in [-0.05, 0) is 91.6 Å². The molecular formula is C26H24N2OS. The number of benzene rings is 2. The van der Waals surface area contributed by atoms with Crippen LogP contribution in [0.25, 0.3) is 0 Å². The van der Waals surface area contributed by atoms with Crippen molar-refractivity contribution in [2.75, 3.05) is 0 Å². The summed E-state index contributed by atoms with van der Waals surface area (Å²) in [4.78, 5) is 13.5. The Kier molecular flexibility index (Phi) is 3.89. The van der Waals surface area contributed by atoms with Gasteiger partial charge in [-0.25, -0.2) is 0 Å². The highest BCUT2D eigenvalue weighted by atomic mass is 32.1. The zero-order chi connectivity index (χ0) is 20.3. The van der Waals surface area contributed by atoms with E-state index in [-0.39, 0.29) is 11.3 Å². The lowest BCUT2D eigenvalue weighted by molar-refractivity contribution is -0.129. The molecule has 30 heavy (non-hydrogen) atoms. The molecule has 3 aliphatic carbocycles. The van der Waals surface area contributed by atoms with E-state index in [1.165, 1.54) is 29.5 Å². The third-order valence-corrected chi connectivity index (χ3v) is 7.77. The summed E-state index contributed by atoms with van der Waals surface area (Å²) in [6, 6.07) is 15.2. The highest BCUT2D eigenvalue weighted by Gasteiger charge is 2.64. The molecule has 1 saturated carbocycles. The molecule has 1 atom stereocenters. The van der Waals surface area contributed by atoms with Gasteiger partial charge in [0.25, 0.3) is 5.91 Å². The maximum atomic E-state index is 13.5. The number of hydrogen-bond donors (Lipinski definition) is 2. The molecule has 1 aliphatic heterocycles. The van der Waals surface area contributed by atoms with Crippen LogP contribution in [0.2, 0.25) is 0 Å². The van der Waals surface area contributed by atoms with Gasteiger partial charge in [0.2, 0.25) is 0 Å². The Balaban J connectivity index is 1.47. The zero-order valence-corrected chi connectivity index (χ0v) is 17.7. The van der Waals surface area contributed by atoms with Gasteiger partial charge in [0.1, 0.15) is 0 Å². The van der Waals surface area contributed by atoms with Gasteiger partial charge in [-0.2, -0.15) is 0 Å². The Labute approximate surface area is 182 Å². The fourth-order valence-electron chi connectivity index (χ4n) is 5.84. The van der Waals surface area contributed by atoms with Crippen molar-refractivity contribution in [3.05, 3.63) is 70.3 Å². The first-order valence-electron chi connectivity index (χ1n) is 11.0. The van der Waals surface area contributed by atoms with Crippen molar-refractivity contribution in [3.8, 4) is 11.8 Å². The van der Waals surface area contributed by atoms with E-state index < -0.39 is 5.54 Å². The number of amides is 1. The quantitative estimate of drug-likeness (QED) is 0.511. The van der Waals surface area contributed by atoms with Gasteiger partial charge in [-0.3, -0.25) is 4.79 Å². The summed E-state index contributed by atoms with van der Waals surface area (Å²) >= 11 is 5.45. The molecule has 4 heteroatoms. The van der Waals surface area contributed by atoms with Crippen molar-refractivity contribution in [1.29, 1.82) is 0 Å². The standard InChI is InChI=1S/C26H24N2OS/c29-23-26(28-24(30)27-23)22-15-18(8-7-17-5-6-17)9-10-21(22)16-25(26)13-11-19-3-1-2-4-20(19)12-14-25/h1-4,9-10,15,17H,5-6,11-14,16H2,(H2,27,28,29,30). The van der Waals surface area contributed by atoms with Crippen molar-refractivity contribution >= 4 is 23.2 Å². The average Bonchev–Trinajstić information content (AvgIpc) is 3.50. The number of nitrogens with one attached hydrogen (secondary N) is 2. The number of carbonyl (C=O) groups excluding carboxylic acids is 1. The number of thiocarbonyl (C=S) groups is 1. The van der Waals surface area contributed by atoms with Crippen LogP contribution in [0.1, 0.15) is 53.5 Å². The first-order chi connectivity index (χ1) is 14.6. The highest BCUT2D eigenvalue weighted by Crippen LogP contribution is 2.57. The number of fused-ring (bicyclic) bond motifs is 4. The predicted molar refractivity (Wildman–Crippen MR) is 121 cm³/mol. The summed E-state index contributed by atoms with van der Waals surface area (Å²) in [6.07, 6.45) is 7.23. The molecule has 2 N–H and O–H groups in total. The Morgan fingerprint density at radius 2 is 1.73 bits per heavy atom. The molecular weight excluding hydrogens is 388 g/mol. The topological polar surface area (TPSA) is 41.1 Å². The first kappa shape index (κ1) is 18.2. The molecule has 1 heterocycles. The molecule has 150 valence electrons. The van der Waals surface area contributed by atoms with Gasteiger partial charge < -0.3 is 10.6 Å². The second-order valence-corrected chi connectivity index (χ2v) is 9.71. The summed E-state index contributed by atoms with van der Waals surface area (Å²) in [6.45, 7) is 0. The van der Waals surface area contributed by atoms with E-state index in [1.54, 1.807) is 0 Å². The van der Waals surface area contributed by atoms with Gasteiger partial charge in [0.15, 0.2) is 10.7 Å². The van der Waals surface area contributed by atoms with E-state index >= 15 is 0 Å². The average molecular weight is 413 g/mol. The number of hydrogen-bond acceptors (Lipinski definition) is 2. The van der Waals surface area contributed by atoms with Crippen LogP contribution in [-0.4, -0.2) is 11.0 Å². The maximum Gasteiger partial charge on any atom is 0.257 e. The molecule has 1 saturated heterocycles.